The molecule has 3 rings (SSSR count). The third kappa shape index (κ3) is 3.71. The van der Waals surface area contributed by atoms with Crippen LogP contribution in [0.2, 0.25) is 0 Å². The van der Waals surface area contributed by atoms with Gasteiger partial charge in [0.2, 0.25) is 5.91 Å². The van der Waals surface area contributed by atoms with Gasteiger partial charge in [-0.05, 0) is 11.1 Å². The molecule has 0 unspecified atom stereocenters. The van der Waals surface area contributed by atoms with E-state index in [1.54, 1.807) is 24.3 Å². The summed E-state index contributed by atoms with van der Waals surface area (Å²) in [4.78, 5) is 50.0. The second kappa shape index (κ2) is 7.91. The summed E-state index contributed by atoms with van der Waals surface area (Å²) in [5, 5.41) is 7.06. The van der Waals surface area contributed by atoms with Gasteiger partial charge in [-0.25, -0.2) is 9.59 Å². The van der Waals surface area contributed by atoms with Crippen molar-refractivity contribution < 1.29 is 19.2 Å². The van der Waals surface area contributed by atoms with Crippen molar-refractivity contribution in [1.82, 2.24) is 20.9 Å². The molecule has 1 atom stereocenters. The average Bonchev–Trinajstić information content (AvgIpc) is 2.94. The molecule has 3 N–H and O–H groups in total. The Morgan fingerprint density at radius 3 is 2.21 bits per heavy atom. The number of nitrogens with zero attached hydrogens (tertiary/aromatic N) is 1. The van der Waals surface area contributed by atoms with E-state index < -0.39 is 36.0 Å². The summed E-state index contributed by atoms with van der Waals surface area (Å²) in [7, 11) is 1.36. The predicted octanol–water partition coefficient (Wildman–Crippen LogP) is 1.13. The lowest BCUT2D eigenvalue weighted by atomic mass is 9.83. The lowest BCUT2D eigenvalue weighted by molar-refractivity contribution is -0.135. The monoisotopic (exact) mass is 380 g/mol. The van der Waals surface area contributed by atoms with Crippen LogP contribution in [0.25, 0.3) is 0 Å². The van der Waals surface area contributed by atoms with Gasteiger partial charge in [0.05, 0.1) is 0 Å². The minimum Gasteiger partial charge on any atom is -0.341 e. The number of carbonyl (C=O) groups is 4. The number of rotatable bonds is 5. The normalized spacial score (nSPS) is 18.5. The summed E-state index contributed by atoms with van der Waals surface area (Å²) in [5.41, 5.74) is 0.149. The van der Waals surface area contributed by atoms with Crippen molar-refractivity contribution in [3.63, 3.8) is 0 Å². The molecule has 1 heterocycles. The SMILES string of the molecule is CNC(=O)NC(=O)CN1C(=O)N[C@](Cc2ccccc2)(c2ccccc2)C1=O. The molecule has 8 nitrogen and oxygen atoms in total. The second-order valence-electron chi connectivity index (χ2n) is 6.38. The standard InChI is InChI=1S/C20H20N4O4/c1-21-18(27)22-16(25)13-24-17(26)20(23-19(24)28,15-10-6-3-7-11-15)12-14-8-4-2-5-9-14/h2-11H,12-13H2,1H3,(H,23,28)(H2,21,22,25,27)/t20-/m1/s1. The van der Waals surface area contributed by atoms with Crippen molar-refractivity contribution in [1.29, 1.82) is 0 Å². The number of hydrogen-bond donors (Lipinski definition) is 3. The maximum atomic E-state index is 13.3. The Labute approximate surface area is 161 Å². The topological polar surface area (TPSA) is 108 Å². The van der Waals surface area contributed by atoms with Crippen LogP contribution in [0.1, 0.15) is 11.1 Å². The molecule has 0 bridgehead atoms. The van der Waals surface area contributed by atoms with Crippen LogP contribution in [0.5, 0.6) is 0 Å². The number of urea groups is 2. The molecule has 28 heavy (non-hydrogen) atoms. The Bertz CT molecular complexity index is 901. The first-order valence-corrected chi connectivity index (χ1v) is 8.71. The van der Waals surface area contributed by atoms with Crippen molar-refractivity contribution in [2.75, 3.05) is 13.6 Å². The summed E-state index contributed by atoms with van der Waals surface area (Å²) >= 11 is 0. The molecular weight excluding hydrogens is 360 g/mol. The quantitative estimate of drug-likeness (QED) is 0.676. The minimum atomic E-state index is -1.33. The van der Waals surface area contributed by atoms with Crippen LogP contribution in [-0.4, -0.2) is 42.4 Å². The summed E-state index contributed by atoms with van der Waals surface area (Å²) in [6.45, 7) is -0.554. The predicted molar refractivity (Wildman–Crippen MR) is 101 cm³/mol. The molecule has 0 aliphatic carbocycles. The highest BCUT2D eigenvalue weighted by atomic mass is 16.2. The molecule has 2 aromatic carbocycles. The molecule has 8 heteroatoms. The van der Waals surface area contributed by atoms with E-state index in [0.717, 1.165) is 10.5 Å². The number of nitrogens with one attached hydrogen (secondary N) is 3. The summed E-state index contributed by atoms with van der Waals surface area (Å²) in [6, 6.07) is 16.8. The fourth-order valence-corrected chi connectivity index (χ4v) is 3.18. The number of benzene rings is 2. The van der Waals surface area contributed by atoms with Gasteiger partial charge in [0, 0.05) is 13.5 Å². The van der Waals surface area contributed by atoms with Crippen molar-refractivity contribution in [2.24, 2.45) is 0 Å². The zero-order valence-corrected chi connectivity index (χ0v) is 15.3. The van der Waals surface area contributed by atoms with Gasteiger partial charge < -0.3 is 10.6 Å². The van der Waals surface area contributed by atoms with Gasteiger partial charge in [-0.3, -0.25) is 19.8 Å². The third-order valence-electron chi connectivity index (χ3n) is 4.54. The van der Waals surface area contributed by atoms with Gasteiger partial charge in [0.1, 0.15) is 6.54 Å². The minimum absolute atomic E-state index is 0.232. The maximum absolute atomic E-state index is 13.3. The zero-order chi connectivity index (χ0) is 20.1. The smallest absolute Gasteiger partial charge is 0.325 e. The van der Waals surface area contributed by atoms with Crippen molar-refractivity contribution >= 4 is 23.9 Å². The highest BCUT2D eigenvalue weighted by Crippen LogP contribution is 2.32. The van der Waals surface area contributed by atoms with E-state index >= 15 is 0 Å². The van der Waals surface area contributed by atoms with Crippen LogP contribution < -0.4 is 16.0 Å². The first-order valence-electron chi connectivity index (χ1n) is 8.71. The molecule has 1 aliphatic heterocycles. The molecule has 0 radical (unpaired) electrons. The van der Waals surface area contributed by atoms with Crippen LogP contribution in [0.3, 0.4) is 0 Å². The van der Waals surface area contributed by atoms with E-state index in [4.69, 9.17) is 0 Å². The molecule has 144 valence electrons. The Morgan fingerprint density at radius 2 is 1.61 bits per heavy atom. The van der Waals surface area contributed by atoms with Gasteiger partial charge in [-0.15, -0.1) is 0 Å². The van der Waals surface area contributed by atoms with Crippen LogP contribution in [0.15, 0.2) is 60.7 Å². The van der Waals surface area contributed by atoms with Gasteiger partial charge in [0.15, 0.2) is 5.54 Å². The molecule has 0 spiro atoms. The Morgan fingerprint density at radius 1 is 1.00 bits per heavy atom. The van der Waals surface area contributed by atoms with E-state index in [-0.39, 0.29) is 6.42 Å². The van der Waals surface area contributed by atoms with Gasteiger partial charge in [-0.2, -0.15) is 0 Å². The van der Waals surface area contributed by atoms with Gasteiger partial charge in [0.25, 0.3) is 5.91 Å². The summed E-state index contributed by atoms with van der Waals surface area (Å²) < 4.78 is 0. The Hall–Kier alpha value is -3.68. The lowest BCUT2D eigenvalue weighted by Crippen LogP contribution is -2.48. The molecular formula is C20H20N4O4. The molecule has 1 fully saturated rings. The number of hydrogen-bond acceptors (Lipinski definition) is 4. The van der Waals surface area contributed by atoms with Crippen LogP contribution in [-0.2, 0) is 21.5 Å². The number of imide groups is 2. The highest BCUT2D eigenvalue weighted by molar-refractivity contribution is 6.10. The Kier molecular flexibility index (Phi) is 5.39. The highest BCUT2D eigenvalue weighted by Gasteiger charge is 2.52. The zero-order valence-electron chi connectivity index (χ0n) is 15.3. The average molecular weight is 380 g/mol. The van der Waals surface area contributed by atoms with E-state index in [1.165, 1.54) is 7.05 Å². The van der Waals surface area contributed by atoms with Crippen LogP contribution in [0, 0.1) is 0 Å². The fourth-order valence-electron chi connectivity index (χ4n) is 3.18. The van der Waals surface area contributed by atoms with Gasteiger partial charge in [-0.1, -0.05) is 60.7 Å². The van der Waals surface area contributed by atoms with Crippen molar-refractivity contribution in [2.45, 2.75) is 12.0 Å². The second-order valence-corrected chi connectivity index (χ2v) is 6.38. The maximum Gasteiger partial charge on any atom is 0.325 e. The first-order chi connectivity index (χ1) is 13.5. The summed E-state index contributed by atoms with van der Waals surface area (Å²) in [6.07, 6.45) is 0.232. The molecule has 1 aliphatic rings. The van der Waals surface area contributed by atoms with E-state index in [2.05, 4.69) is 16.0 Å². The Balaban J connectivity index is 1.92. The van der Waals surface area contributed by atoms with Crippen LogP contribution >= 0.6 is 0 Å². The van der Waals surface area contributed by atoms with Crippen molar-refractivity contribution in [3.8, 4) is 0 Å². The number of carbonyl (C=O) groups excluding carboxylic acids is 4. The fraction of sp³-hybridized carbons (Fsp3) is 0.200. The summed E-state index contributed by atoms with van der Waals surface area (Å²) in [5.74, 6) is -1.30. The lowest BCUT2D eigenvalue weighted by Gasteiger charge is -2.27. The molecule has 2 aromatic rings. The van der Waals surface area contributed by atoms with E-state index in [0.29, 0.717) is 5.56 Å². The molecule has 0 saturated carbocycles. The van der Waals surface area contributed by atoms with Gasteiger partial charge >= 0.3 is 12.1 Å². The van der Waals surface area contributed by atoms with E-state index in [9.17, 15) is 19.2 Å². The first kappa shape index (κ1) is 19.1. The van der Waals surface area contributed by atoms with Crippen molar-refractivity contribution in [3.05, 3.63) is 71.8 Å². The van der Waals surface area contributed by atoms with Crippen LogP contribution in [0.4, 0.5) is 9.59 Å². The molecule has 1 saturated heterocycles. The third-order valence-corrected chi connectivity index (χ3v) is 4.54. The number of amides is 6. The largest absolute Gasteiger partial charge is 0.341 e. The van der Waals surface area contributed by atoms with E-state index in [1.807, 2.05) is 36.4 Å². The molecule has 6 amide bonds. The molecule has 0 aromatic heterocycles.